The summed E-state index contributed by atoms with van der Waals surface area (Å²) in [5.74, 6) is 0. The van der Waals surface area contributed by atoms with Crippen LogP contribution in [0.3, 0.4) is 0 Å². The van der Waals surface area contributed by atoms with E-state index in [1.54, 1.807) is 11.3 Å². The van der Waals surface area contributed by atoms with Crippen LogP contribution in [0.1, 0.15) is 37.8 Å². The van der Waals surface area contributed by atoms with E-state index in [0.717, 1.165) is 25.2 Å². The molecule has 0 saturated carbocycles. The van der Waals surface area contributed by atoms with Crippen molar-refractivity contribution in [1.82, 2.24) is 10.3 Å². The van der Waals surface area contributed by atoms with Crippen LogP contribution in [0.5, 0.6) is 0 Å². The largest absolute Gasteiger partial charge is 0.327 e. The van der Waals surface area contributed by atoms with Gasteiger partial charge in [-0.1, -0.05) is 20.8 Å². The second kappa shape index (κ2) is 5.75. The maximum absolute atomic E-state index is 6.09. The molecule has 0 amide bonds. The van der Waals surface area contributed by atoms with E-state index in [2.05, 4.69) is 38.0 Å². The van der Waals surface area contributed by atoms with Gasteiger partial charge in [-0.05, 0) is 25.3 Å². The Morgan fingerprint density at radius 1 is 1.50 bits per heavy atom. The van der Waals surface area contributed by atoms with E-state index in [0.29, 0.717) is 0 Å². The fourth-order valence-corrected chi connectivity index (χ4v) is 2.14. The van der Waals surface area contributed by atoms with Gasteiger partial charge in [0.25, 0.3) is 0 Å². The second-order valence-corrected chi connectivity index (χ2v) is 6.24. The van der Waals surface area contributed by atoms with Gasteiger partial charge in [0, 0.05) is 17.5 Å². The third-order valence-electron chi connectivity index (χ3n) is 2.87. The molecule has 0 aliphatic carbocycles. The molecular formula is C12H23N3S. The van der Waals surface area contributed by atoms with Crippen LogP contribution >= 0.6 is 11.3 Å². The van der Waals surface area contributed by atoms with Crippen LogP contribution in [-0.4, -0.2) is 17.6 Å². The van der Waals surface area contributed by atoms with Gasteiger partial charge in [-0.15, -0.1) is 11.3 Å². The quantitative estimate of drug-likeness (QED) is 0.778. The molecule has 0 aliphatic heterocycles. The first-order valence-corrected chi connectivity index (χ1v) is 6.64. The fraction of sp³-hybridized carbons (Fsp3) is 0.750. The van der Waals surface area contributed by atoms with Crippen LogP contribution in [0.4, 0.5) is 0 Å². The molecular weight excluding hydrogens is 218 g/mol. The van der Waals surface area contributed by atoms with E-state index < -0.39 is 0 Å². The Hall–Kier alpha value is -0.450. The van der Waals surface area contributed by atoms with Crippen LogP contribution in [0.2, 0.25) is 0 Å². The number of rotatable bonds is 5. The summed E-state index contributed by atoms with van der Waals surface area (Å²) in [5, 5.41) is 3.42. The van der Waals surface area contributed by atoms with E-state index >= 15 is 0 Å². The molecule has 1 rings (SSSR count). The van der Waals surface area contributed by atoms with Gasteiger partial charge in [-0.25, -0.2) is 4.98 Å². The van der Waals surface area contributed by atoms with E-state index in [9.17, 15) is 0 Å². The van der Waals surface area contributed by atoms with Crippen molar-refractivity contribution >= 4 is 11.3 Å². The average Bonchev–Trinajstić information content (AvgIpc) is 2.57. The van der Waals surface area contributed by atoms with Crippen molar-refractivity contribution in [3.05, 3.63) is 16.1 Å². The van der Waals surface area contributed by atoms with Crippen LogP contribution in [-0.2, 0) is 6.54 Å². The molecule has 92 valence electrons. The molecule has 0 saturated heterocycles. The third kappa shape index (κ3) is 4.20. The molecule has 0 radical (unpaired) electrons. The van der Waals surface area contributed by atoms with Crippen molar-refractivity contribution < 1.29 is 0 Å². The Morgan fingerprint density at radius 3 is 2.69 bits per heavy atom. The van der Waals surface area contributed by atoms with Crippen LogP contribution < -0.4 is 11.1 Å². The summed E-state index contributed by atoms with van der Waals surface area (Å²) in [7, 11) is 0. The zero-order chi connectivity index (χ0) is 12.2. The van der Waals surface area contributed by atoms with Crippen molar-refractivity contribution in [3.8, 4) is 0 Å². The minimum atomic E-state index is 0.197. The fourth-order valence-electron chi connectivity index (χ4n) is 1.39. The summed E-state index contributed by atoms with van der Waals surface area (Å²) in [6.07, 6.45) is 1.02. The number of nitrogens with one attached hydrogen (secondary N) is 1. The summed E-state index contributed by atoms with van der Waals surface area (Å²) in [6, 6.07) is 0.252. The standard InChI is InChI=1S/C12H23N3S/c1-9-10(16-8-15-9)7-14-6-5-11(13)12(2,3)4/h8,11,14H,5-7,13H2,1-4H3. The topological polar surface area (TPSA) is 50.9 Å². The number of hydrogen-bond acceptors (Lipinski definition) is 4. The highest BCUT2D eigenvalue weighted by atomic mass is 32.1. The molecule has 1 heterocycles. The van der Waals surface area contributed by atoms with Gasteiger partial charge < -0.3 is 11.1 Å². The molecule has 1 atom stereocenters. The van der Waals surface area contributed by atoms with Gasteiger partial charge in [-0.3, -0.25) is 0 Å². The molecule has 0 fully saturated rings. The van der Waals surface area contributed by atoms with Gasteiger partial charge >= 0.3 is 0 Å². The van der Waals surface area contributed by atoms with Crippen molar-refractivity contribution in [1.29, 1.82) is 0 Å². The SMILES string of the molecule is Cc1ncsc1CNCCC(N)C(C)(C)C. The first-order chi connectivity index (χ1) is 7.41. The first-order valence-electron chi connectivity index (χ1n) is 5.76. The summed E-state index contributed by atoms with van der Waals surface area (Å²) in [4.78, 5) is 5.55. The predicted octanol–water partition coefficient (Wildman–Crippen LogP) is 2.30. The summed E-state index contributed by atoms with van der Waals surface area (Å²) in [5.41, 5.74) is 9.32. The van der Waals surface area contributed by atoms with Gasteiger partial charge in [0.2, 0.25) is 0 Å². The van der Waals surface area contributed by atoms with Gasteiger partial charge in [-0.2, -0.15) is 0 Å². The molecule has 3 nitrogen and oxygen atoms in total. The molecule has 16 heavy (non-hydrogen) atoms. The average molecular weight is 241 g/mol. The smallest absolute Gasteiger partial charge is 0.0798 e. The predicted molar refractivity (Wildman–Crippen MR) is 70.6 cm³/mol. The molecule has 1 unspecified atom stereocenters. The van der Waals surface area contributed by atoms with Crippen LogP contribution in [0, 0.1) is 12.3 Å². The van der Waals surface area contributed by atoms with Crippen LogP contribution in [0.25, 0.3) is 0 Å². The van der Waals surface area contributed by atoms with Gasteiger partial charge in [0.1, 0.15) is 0 Å². The monoisotopic (exact) mass is 241 g/mol. The molecule has 1 aromatic heterocycles. The highest BCUT2D eigenvalue weighted by molar-refractivity contribution is 7.09. The minimum absolute atomic E-state index is 0.197. The Bertz CT molecular complexity index is 314. The Morgan fingerprint density at radius 2 is 2.19 bits per heavy atom. The number of nitrogens with two attached hydrogens (primary N) is 1. The lowest BCUT2D eigenvalue weighted by Gasteiger charge is -2.27. The Balaban J connectivity index is 2.20. The molecule has 0 aliphatic rings. The Labute approximate surface area is 102 Å². The van der Waals surface area contributed by atoms with Crippen molar-refractivity contribution in [2.24, 2.45) is 11.1 Å². The zero-order valence-corrected chi connectivity index (χ0v) is 11.5. The molecule has 1 aromatic rings. The molecule has 4 heteroatoms. The van der Waals surface area contributed by atoms with Crippen LogP contribution in [0.15, 0.2) is 5.51 Å². The zero-order valence-electron chi connectivity index (χ0n) is 10.7. The maximum atomic E-state index is 6.09. The van der Waals surface area contributed by atoms with Crippen molar-refractivity contribution in [2.45, 2.75) is 46.7 Å². The lowest BCUT2D eigenvalue weighted by Crippen LogP contribution is -2.37. The first kappa shape index (κ1) is 13.6. The van der Waals surface area contributed by atoms with Crippen molar-refractivity contribution in [2.75, 3.05) is 6.54 Å². The highest BCUT2D eigenvalue weighted by Crippen LogP contribution is 2.19. The normalized spacial score (nSPS) is 14.1. The number of nitrogens with zero attached hydrogens (tertiary/aromatic N) is 1. The number of hydrogen-bond donors (Lipinski definition) is 2. The summed E-state index contributed by atoms with van der Waals surface area (Å²) < 4.78 is 0. The van der Waals surface area contributed by atoms with Gasteiger partial charge in [0.15, 0.2) is 0 Å². The minimum Gasteiger partial charge on any atom is -0.327 e. The number of aryl methyl sites for hydroxylation is 1. The van der Waals surface area contributed by atoms with E-state index in [1.165, 1.54) is 4.88 Å². The lowest BCUT2D eigenvalue weighted by atomic mass is 9.85. The molecule has 0 spiro atoms. The van der Waals surface area contributed by atoms with E-state index in [4.69, 9.17) is 5.73 Å². The Kier molecular flexibility index (Phi) is 4.89. The maximum Gasteiger partial charge on any atom is 0.0798 e. The molecule has 0 bridgehead atoms. The molecule has 0 aromatic carbocycles. The summed E-state index contributed by atoms with van der Waals surface area (Å²) in [6.45, 7) is 10.5. The van der Waals surface area contributed by atoms with E-state index in [1.807, 2.05) is 5.51 Å². The van der Waals surface area contributed by atoms with Crippen molar-refractivity contribution in [3.63, 3.8) is 0 Å². The third-order valence-corrected chi connectivity index (χ3v) is 3.81. The molecule has 3 N–H and O–H groups in total. The van der Waals surface area contributed by atoms with E-state index in [-0.39, 0.29) is 11.5 Å². The number of thiazole rings is 1. The highest BCUT2D eigenvalue weighted by Gasteiger charge is 2.19. The second-order valence-electron chi connectivity index (χ2n) is 5.30. The van der Waals surface area contributed by atoms with Gasteiger partial charge in [0.05, 0.1) is 11.2 Å². The lowest BCUT2D eigenvalue weighted by molar-refractivity contribution is 0.302. The summed E-state index contributed by atoms with van der Waals surface area (Å²) >= 11 is 1.71. The number of aromatic nitrogens is 1.